The van der Waals surface area contributed by atoms with Crippen LogP contribution >= 0.6 is 11.6 Å². The normalized spacial score (nSPS) is 10.9. The quantitative estimate of drug-likeness (QED) is 0.127. The standard InChI is InChI=1S/C22H22ClFN6O4/c1-34-19-11-17-14(22(27-12-26-17)28-13-4-5-16(24)15(23)9-13)10-18(19)29-20(31)3-2-7-25-8-6-21(32)30-33/h2-5,9-12,25,33H,6-8H2,1H3,(H,29,31)(H,30,32)(H,26,27,28)/b3-2+. The topological polar surface area (TPSA) is 138 Å². The van der Waals surface area contributed by atoms with E-state index in [1.165, 1.54) is 43.2 Å². The summed E-state index contributed by atoms with van der Waals surface area (Å²) in [6, 6.07) is 7.53. The lowest BCUT2D eigenvalue weighted by Gasteiger charge is -2.13. The lowest BCUT2D eigenvalue weighted by molar-refractivity contribution is -0.129. The molecular formula is C22H22ClFN6O4. The molecule has 34 heavy (non-hydrogen) atoms. The van der Waals surface area contributed by atoms with Gasteiger partial charge in [0.25, 0.3) is 0 Å². The zero-order chi connectivity index (χ0) is 24.5. The van der Waals surface area contributed by atoms with Crippen molar-refractivity contribution in [3.63, 3.8) is 0 Å². The van der Waals surface area contributed by atoms with Crippen molar-refractivity contribution in [1.82, 2.24) is 20.8 Å². The summed E-state index contributed by atoms with van der Waals surface area (Å²) in [6.07, 6.45) is 4.40. The number of carbonyl (C=O) groups excluding carboxylic acids is 2. The van der Waals surface area contributed by atoms with Crippen LogP contribution in [0.25, 0.3) is 10.9 Å². The van der Waals surface area contributed by atoms with Crippen molar-refractivity contribution in [1.29, 1.82) is 0 Å². The molecule has 1 heterocycles. The fraction of sp³-hybridized carbons (Fsp3) is 0.182. The molecule has 0 unspecified atom stereocenters. The largest absolute Gasteiger partial charge is 0.494 e. The highest BCUT2D eigenvalue weighted by Crippen LogP contribution is 2.33. The third-order valence-corrected chi connectivity index (χ3v) is 4.87. The number of nitrogens with zero attached hydrogens (tertiary/aromatic N) is 2. The van der Waals surface area contributed by atoms with Crippen molar-refractivity contribution < 1.29 is 23.9 Å². The lowest BCUT2D eigenvalue weighted by Crippen LogP contribution is -2.25. The van der Waals surface area contributed by atoms with Gasteiger partial charge in [-0.05, 0) is 24.3 Å². The predicted molar refractivity (Wildman–Crippen MR) is 126 cm³/mol. The molecule has 0 aliphatic carbocycles. The number of fused-ring (bicyclic) bond motifs is 1. The van der Waals surface area contributed by atoms with E-state index in [1.807, 2.05) is 0 Å². The van der Waals surface area contributed by atoms with E-state index in [2.05, 4.69) is 25.9 Å². The van der Waals surface area contributed by atoms with E-state index >= 15 is 0 Å². The second-order valence-electron chi connectivity index (χ2n) is 6.93. The van der Waals surface area contributed by atoms with Gasteiger partial charge in [0.2, 0.25) is 11.8 Å². The van der Waals surface area contributed by atoms with Crippen LogP contribution in [0.2, 0.25) is 5.02 Å². The number of methoxy groups -OCH3 is 1. The van der Waals surface area contributed by atoms with Crippen LogP contribution in [0.1, 0.15) is 6.42 Å². The van der Waals surface area contributed by atoms with Crippen LogP contribution in [-0.4, -0.2) is 47.2 Å². The Kier molecular flexibility index (Phi) is 8.68. The lowest BCUT2D eigenvalue weighted by atomic mass is 10.1. The van der Waals surface area contributed by atoms with Crippen LogP contribution in [-0.2, 0) is 9.59 Å². The maximum absolute atomic E-state index is 13.5. The molecule has 0 aliphatic rings. The van der Waals surface area contributed by atoms with Gasteiger partial charge in [-0.25, -0.2) is 19.8 Å². The molecule has 178 valence electrons. The molecule has 2 aromatic carbocycles. The first-order chi connectivity index (χ1) is 16.4. The molecule has 0 atom stereocenters. The number of hydrogen-bond donors (Lipinski definition) is 5. The third kappa shape index (κ3) is 6.61. The van der Waals surface area contributed by atoms with Gasteiger partial charge < -0.3 is 20.7 Å². The molecule has 0 aliphatic heterocycles. The number of hydroxylamine groups is 1. The van der Waals surface area contributed by atoms with E-state index in [1.54, 1.807) is 18.2 Å². The first-order valence-corrected chi connectivity index (χ1v) is 10.4. The molecule has 5 N–H and O–H groups in total. The number of nitrogens with one attached hydrogen (secondary N) is 4. The van der Waals surface area contributed by atoms with E-state index in [0.717, 1.165) is 0 Å². The van der Waals surface area contributed by atoms with Crippen LogP contribution in [0.4, 0.5) is 21.6 Å². The van der Waals surface area contributed by atoms with Crippen LogP contribution in [0.3, 0.4) is 0 Å². The van der Waals surface area contributed by atoms with Crippen molar-refractivity contribution in [2.45, 2.75) is 6.42 Å². The minimum atomic E-state index is -0.534. The van der Waals surface area contributed by atoms with Gasteiger partial charge in [-0.3, -0.25) is 14.8 Å². The number of anilines is 3. The minimum Gasteiger partial charge on any atom is -0.494 e. The van der Waals surface area contributed by atoms with Crippen molar-refractivity contribution >= 4 is 51.5 Å². The Morgan fingerprint density at radius 3 is 2.79 bits per heavy atom. The van der Waals surface area contributed by atoms with Crippen molar-refractivity contribution in [3.8, 4) is 5.75 Å². The summed E-state index contributed by atoms with van der Waals surface area (Å²) in [4.78, 5) is 31.8. The molecule has 3 aromatic rings. The van der Waals surface area contributed by atoms with Gasteiger partial charge in [-0.1, -0.05) is 17.7 Å². The Hall–Kier alpha value is -3.80. The molecule has 0 bridgehead atoms. The summed E-state index contributed by atoms with van der Waals surface area (Å²) in [5.74, 6) is -0.607. The predicted octanol–water partition coefficient (Wildman–Crippen LogP) is 3.15. The van der Waals surface area contributed by atoms with E-state index in [-0.39, 0.29) is 11.4 Å². The molecule has 0 radical (unpaired) electrons. The summed E-state index contributed by atoms with van der Waals surface area (Å²) in [5.41, 5.74) is 3.02. The SMILES string of the molecule is COc1cc2ncnc(Nc3ccc(F)c(Cl)c3)c2cc1NC(=O)/C=C/CNCCC(=O)NO. The van der Waals surface area contributed by atoms with Gasteiger partial charge in [-0.2, -0.15) is 0 Å². The molecule has 0 saturated heterocycles. The molecule has 2 amide bonds. The first-order valence-electron chi connectivity index (χ1n) is 10.1. The summed E-state index contributed by atoms with van der Waals surface area (Å²) in [6.45, 7) is 0.689. The van der Waals surface area contributed by atoms with Crippen LogP contribution in [0.5, 0.6) is 5.75 Å². The van der Waals surface area contributed by atoms with Crippen molar-refractivity contribution in [2.24, 2.45) is 0 Å². The Morgan fingerprint density at radius 2 is 2.06 bits per heavy atom. The Morgan fingerprint density at radius 1 is 1.24 bits per heavy atom. The number of amides is 2. The van der Waals surface area contributed by atoms with Gasteiger partial charge in [0.05, 0.1) is 23.3 Å². The van der Waals surface area contributed by atoms with Crippen LogP contribution < -0.4 is 26.2 Å². The molecule has 0 saturated carbocycles. The molecule has 12 heteroatoms. The fourth-order valence-electron chi connectivity index (χ4n) is 2.94. The summed E-state index contributed by atoms with van der Waals surface area (Å²) in [7, 11) is 1.47. The molecule has 0 spiro atoms. The average Bonchev–Trinajstić information content (AvgIpc) is 2.83. The molecule has 3 rings (SSSR count). The van der Waals surface area contributed by atoms with Crippen molar-refractivity contribution in [2.75, 3.05) is 30.8 Å². The van der Waals surface area contributed by atoms with Gasteiger partial charge in [-0.15, -0.1) is 0 Å². The first kappa shape index (κ1) is 24.8. The number of benzene rings is 2. The van der Waals surface area contributed by atoms with Gasteiger partial charge in [0.15, 0.2) is 0 Å². The number of aromatic nitrogens is 2. The molecule has 1 aromatic heterocycles. The van der Waals surface area contributed by atoms with Gasteiger partial charge in [0.1, 0.15) is 23.7 Å². The van der Waals surface area contributed by atoms with Crippen LogP contribution in [0.15, 0.2) is 48.8 Å². The minimum absolute atomic E-state index is 0.0316. The van der Waals surface area contributed by atoms with E-state index < -0.39 is 17.6 Å². The molecule has 0 fully saturated rings. The second-order valence-corrected chi connectivity index (χ2v) is 7.33. The Labute approximate surface area is 199 Å². The zero-order valence-corrected chi connectivity index (χ0v) is 18.8. The Bertz CT molecular complexity index is 1220. The fourth-order valence-corrected chi connectivity index (χ4v) is 3.12. The maximum Gasteiger partial charge on any atom is 0.248 e. The number of halogens is 2. The van der Waals surface area contributed by atoms with E-state index in [4.69, 9.17) is 21.5 Å². The highest BCUT2D eigenvalue weighted by Gasteiger charge is 2.13. The van der Waals surface area contributed by atoms with Crippen molar-refractivity contribution in [3.05, 3.63) is 59.7 Å². The number of ether oxygens (including phenoxy) is 1. The third-order valence-electron chi connectivity index (χ3n) is 4.58. The number of hydrogen-bond acceptors (Lipinski definition) is 8. The summed E-state index contributed by atoms with van der Waals surface area (Å²) in [5, 5.41) is 17.8. The highest BCUT2D eigenvalue weighted by molar-refractivity contribution is 6.31. The Balaban J connectivity index is 1.74. The summed E-state index contributed by atoms with van der Waals surface area (Å²) >= 11 is 5.86. The number of carbonyl (C=O) groups is 2. The summed E-state index contributed by atoms with van der Waals surface area (Å²) < 4.78 is 18.9. The maximum atomic E-state index is 13.5. The monoisotopic (exact) mass is 488 g/mol. The second kappa shape index (κ2) is 11.9. The molecular weight excluding hydrogens is 467 g/mol. The highest BCUT2D eigenvalue weighted by atomic mass is 35.5. The van der Waals surface area contributed by atoms with Gasteiger partial charge >= 0.3 is 0 Å². The smallest absolute Gasteiger partial charge is 0.248 e. The zero-order valence-electron chi connectivity index (χ0n) is 18.1. The molecule has 10 nitrogen and oxygen atoms in total. The number of rotatable bonds is 10. The van der Waals surface area contributed by atoms with E-state index in [0.29, 0.717) is 46.9 Å². The van der Waals surface area contributed by atoms with E-state index in [9.17, 15) is 14.0 Å². The average molecular weight is 489 g/mol. The van der Waals surface area contributed by atoms with Gasteiger partial charge in [0, 0.05) is 42.7 Å². The van der Waals surface area contributed by atoms with Crippen LogP contribution in [0, 0.1) is 5.82 Å².